The molecule has 350 valence electrons. The zero-order valence-electron chi connectivity index (χ0n) is 37.3. The van der Waals surface area contributed by atoms with Gasteiger partial charge in [-0.1, -0.05) is 5.57 Å². The van der Waals surface area contributed by atoms with E-state index in [0.29, 0.717) is 49.7 Å². The molecule has 1 aromatic heterocycles. The number of ketones is 1. The quantitative estimate of drug-likeness (QED) is 0.0864. The van der Waals surface area contributed by atoms with Crippen LogP contribution >= 0.6 is 0 Å². The van der Waals surface area contributed by atoms with Crippen LogP contribution in [0, 0.1) is 29.6 Å². The zero-order valence-corrected chi connectivity index (χ0v) is 37.3. The summed E-state index contributed by atoms with van der Waals surface area (Å²) in [5.41, 5.74) is 2.97. The molecule has 2 saturated carbocycles. The van der Waals surface area contributed by atoms with Gasteiger partial charge >= 0.3 is 5.97 Å². The SMILES string of the molecule is CCOC(=O)C1=C(C=O)/C2=C3\C[C@H](CO)C(=O)[C@H](C3)c3cc4cc[nH]c4cc3CC[C@@H](CO)COc3c4c(c(CO)c(c32)O1)O[C@H]([C@@]1(O)C[C@@H](CO)C[C@H]2CN(CCCOC)CC[C@H]21)C4. The average molecular weight is 899 g/mol. The topological polar surface area (TPSA) is 218 Å². The van der Waals surface area contributed by atoms with E-state index in [2.05, 4.69) is 9.88 Å². The van der Waals surface area contributed by atoms with Gasteiger partial charge in [0, 0.05) is 87.0 Å². The summed E-state index contributed by atoms with van der Waals surface area (Å²) in [5, 5.41) is 57.7. The molecule has 0 unspecified atom stereocenters. The number of hydrogen-bond acceptors (Lipinski definition) is 14. The first-order valence-electron chi connectivity index (χ1n) is 23.4. The molecule has 2 bridgehead atoms. The van der Waals surface area contributed by atoms with Gasteiger partial charge in [-0.2, -0.15) is 0 Å². The number of hydrogen-bond donors (Lipinski definition) is 6. The van der Waals surface area contributed by atoms with Gasteiger partial charge in [-0.05, 0) is 117 Å². The number of aryl methyl sites for hydroxylation is 1. The van der Waals surface area contributed by atoms with Crippen LogP contribution < -0.4 is 14.2 Å². The van der Waals surface area contributed by atoms with Gasteiger partial charge in [0.1, 0.15) is 34.7 Å². The Morgan fingerprint density at radius 2 is 1.88 bits per heavy atom. The Hall–Kier alpha value is -4.61. The largest absolute Gasteiger partial charge is 0.492 e. The molecule has 6 aliphatic rings. The van der Waals surface area contributed by atoms with Crippen molar-refractivity contribution < 1.29 is 63.6 Å². The van der Waals surface area contributed by atoms with Crippen LogP contribution in [-0.2, 0) is 43.3 Å². The van der Waals surface area contributed by atoms with Gasteiger partial charge in [-0.25, -0.2) is 4.79 Å². The minimum absolute atomic E-state index is 0.0167. The molecule has 2 aliphatic carbocycles. The predicted molar refractivity (Wildman–Crippen MR) is 237 cm³/mol. The summed E-state index contributed by atoms with van der Waals surface area (Å²) in [4.78, 5) is 47.6. The van der Waals surface area contributed by atoms with Crippen molar-refractivity contribution in [3.63, 3.8) is 0 Å². The Balaban J connectivity index is 1.23. The number of H-pyrrole nitrogens is 1. The molecule has 3 fully saturated rings. The minimum atomic E-state index is -1.39. The van der Waals surface area contributed by atoms with Crippen molar-refractivity contribution in [1.82, 2.24) is 9.88 Å². The molecular formula is C50H62N2O13. The van der Waals surface area contributed by atoms with Crippen molar-refractivity contribution in [1.29, 1.82) is 0 Å². The van der Waals surface area contributed by atoms with Gasteiger partial charge in [-0.15, -0.1) is 0 Å². The molecule has 8 atom stereocenters. The third-order valence-electron chi connectivity index (χ3n) is 15.3. The highest BCUT2D eigenvalue weighted by atomic mass is 16.6. The van der Waals surface area contributed by atoms with Crippen molar-refractivity contribution in [3.05, 3.63) is 69.1 Å². The molecule has 0 radical (unpaired) electrons. The summed E-state index contributed by atoms with van der Waals surface area (Å²) in [6, 6.07) is 5.97. The standard InChI is InChI=1S/C50H62N2O13/c1-3-62-49(59)48-37(24-56)42-31-14-33(23-55)44(58)35(16-31)34-15-30-7-9-51-40(30)17-29(34)6-5-27(21-53)26-63-46-36-18-41(64-45(36)38(25-57)47(65-48)43(42)46)50(60)19-28(22-54)13-32-20-52(10-4-12-61-2)11-8-39(32)50/h7,9,15,17,24,27-28,32-33,35,39,41,51,53-55,57,60H,3-6,8,10-14,16,18-23,25-26H2,1-2H3/b42-31-/t27-,28-,32-,33+,35+,39+,41-,50+/m0/s1. The zero-order chi connectivity index (χ0) is 45.6. The van der Waals surface area contributed by atoms with Crippen LogP contribution in [0.5, 0.6) is 17.2 Å². The summed E-state index contributed by atoms with van der Waals surface area (Å²) in [7, 11) is 1.69. The Labute approximate surface area is 378 Å². The van der Waals surface area contributed by atoms with Crippen molar-refractivity contribution in [2.45, 2.75) is 88.9 Å². The fourth-order valence-electron chi connectivity index (χ4n) is 12.1. The molecule has 65 heavy (non-hydrogen) atoms. The first-order chi connectivity index (χ1) is 31.6. The lowest BCUT2D eigenvalue weighted by Crippen LogP contribution is -2.61. The number of allylic oxidation sites excluding steroid dienone is 3. The maximum Gasteiger partial charge on any atom is 0.375 e. The van der Waals surface area contributed by atoms with E-state index in [9.17, 15) is 39.9 Å². The molecule has 3 aromatic rings. The number of Topliss-reactive ketones (excluding diaryl/α,β-unsaturated/α-hetero) is 1. The highest BCUT2D eigenvalue weighted by Gasteiger charge is 2.57. The monoisotopic (exact) mass is 898 g/mol. The first-order valence-corrected chi connectivity index (χ1v) is 23.4. The van der Waals surface area contributed by atoms with E-state index in [-0.39, 0.29) is 109 Å². The van der Waals surface area contributed by atoms with Crippen LogP contribution in [0.2, 0.25) is 0 Å². The van der Waals surface area contributed by atoms with Gasteiger partial charge in [0.05, 0.1) is 43.1 Å². The number of aliphatic hydroxyl groups excluding tert-OH is 4. The van der Waals surface area contributed by atoms with E-state index in [0.717, 1.165) is 54.5 Å². The molecule has 9 rings (SSSR count). The van der Waals surface area contributed by atoms with Gasteiger partial charge in [0.25, 0.3) is 0 Å². The fourth-order valence-corrected chi connectivity index (χ4v) is 12.1. The van der Waals surface area contributed by atoms with Gasteiger partial charge in [0.15, 0.2) is 6.29 Å². The van der Waals surface area contributed by atoms with E-state index in [1.54, 1.807) is 14.0 Å². The lowest BCUT2D eigenvalue weighted by atomic mass is 9.60. The smallest absolute Gasteiger partial charge is 0.375 e. The Kier molecular flexibility index (Phi) is 13.3. The van der Waals surface area contributed by atoms with Crippen LogP contribution in [0.25, 0.3) is 16.5 Å². The molecule has 2 aromatic carbocycles. The third kappa shape index (κ3) is 8.10. The maximum absolute atomic E-state index is 14.5. The number of aromatic nitrogens is 1. The van der Waals surface area contributed by atoms with Crippen molar-refractivity contribution >= 4 is 34.5 Å². The number of nitrogens with one attached hydrogen (secondary N) is 1. The number of benzene rings is 2. The maximum atomic E-state index is 14.5. The molecule has 6 N–H and O–H groups in total. The van der Waals surface area contributed by atoms with Gasteiger partial charge < -0.3 is 59.1 Å². The van der Waals surface area contributed by atoms with Crippen molar-refractivity contribution in [2.24, 2.45) is 29.6 Å². The normalized spacial score (nSPS) is 30.1. The lowest BCUT2D eigenvalue weighted by Gasteiger charge is -2.53. The minimum Gasteiger partial charge on any atom is -0.492 e. The van der Waals surface area contributed by atoms with Crippen LogP contribution in [0.4, 0.5) is 0 Å². The number of nitrogens with zero attached hydrogens (tertiary/aromatic N) is 1. The number of fused-ring (bicyclic) bond motifs is 8. The number of aliphatic hydroxyl groups is 5. The molecular weight excluding hydrogens is 837 g/mol. The highest BCUT2D eigenvalue weighted by molar-refractivity contribution is 6.11. The molecule has 4 aliphatic heterocycles. The van der Waals surface area contributed by atoms with Crippen LogP contribution in [0.3, 0.4) is 0 Å². The number of carbonyl (C=O) groups excluding carboxylic acids is 3. The number of aldehydes is 1. The first kappa shape index (κ1) is 45.5. The summed E-state index contributed by atoms with van der Waals surface area (Å²) in [6.45, 7) is 3.30. The summed E-state index contributed by atoms with van der Waals surface area (Å²) in [5.74, 6) is -3.18. The summed E-state index contributed by atoms with van der Waals surface area (Å²) >= 11 is 0. The van der Waals surface area contributed by atoms with Crippen LogP contribution in [0.1, 0.15) is 85.6 Å². The fraction of sp³-hybridized carbons (Fsp3) is 0.580. The number of esters is 1. The predicted octanol–water partition coefficient (Wildman–Crippen LogP) is 3.92. The number of methoxy groups -OCH3 is 1. The number of aromatic amines is 1. The lowest BCUT2D eigenvalue weighted by molar-refractivity contribution is -0.167. The van der Waals surface area contributed by atoms with Gasteiger partial charge in [-0.3, -0.25) is 9.59 Å². The molecule has 0 spiro atoms. The molecule has 15 nitrogen and oxygen atoms in total. The number of likely N-dealkylation sites (tertiary alicyclic amines) is 1. The molecule has 15 heteroatoms. The van der Waals surface area contributed by atoms with Crippen LogP contribution in [0.15, 0.2) is 41.3 Å². The Morgan fingerprint density at radius 1 is 1.05 bits per heavy atom. The van der Waals surface area contributed by atoms with E-state index >= 15 is 0 Å². The van der Waals surface area contributed by atoms with E-state index < -0.39 is 54.4 Å². The number of piperidine rings is 1. The second kappa shape index (κ2) is 18.9. The Bertz CT molecular complexity index is 2390. The second-order valence-corrected chi connectivity index (χ2v) is 19.0. The Morgan fingerprint density at radius 3 is 2.62 bits per heavy atom. The number of ether oxygens (including phenoxy) is 5. The molecule has 0 amide bonds. The van der Waals surface area contributed by atoms with E-state index in [1.807, 2.05) is 24.4 Å². The molecule has 1 saturated heterocycles. The molecule has 5 heterocycles. The van der Waals surface area contributed by atoms with E-state index in [1.165, 1.54) is 0 Å². The summed E-state index contributed by atoms with van der Waals surface area (Å²) in [6.07, 6.45) is 5.55. The number of rotatable bonds is 12. The second-order valence-electron chi connectivity index (χ2n) is 19.0. The number of carbonyl (C=O) groups is 3. The summed E-state index contributed by atoms with van der Waals surface area (Å²) < 4.78 is 31.1. The highest BCUT2D eigenvalue weighted by Crippen LogP contribution is 2.59. The van der Waals surface area contributed by atoms with Gasteiger partial charge in [0.2, 0.25) is 5.76 Å². The average Bonchev–Trinajstić information content (AvgIpc) is 3.98. The van der Waals surface area contributed by atoms with Crippen LogP contribution in [-0.4, -0.2) is 132 Å². The van der Waals surface area contributed by atoms with E-state index in [4.69, 9.17) is 23.7 Å². The van der Waals surface area contributed by atoms with Crippen molar-refractivity contribution in [3.8, 4) is 17.2 Å². The van der Waals surface area contributed by atoms with Crippen molar-refractivity contribution in [2.75, 3.05) is 66.4 Å². The third-order valence-corrected chi connectivity index (χ3v) is 15.3.